The van der Waals surface area contributed by atoms with E-state index in [9.17, 15) is 0 Å². The van der Waals surface area contributed by atoms with Crippen LogP contribution in [0.15, 0.2) is 18.2 Å². The number of nitrogens with one attached hydrogen (secondary N) is 1. The summed E-state index contributed by atoms with van der Waals surface area (Å²) in [5.74, 6) is 6.56. The van der Waals surface area contributed by atoms with E-state index < -0.39 is 0 Å². The molecule has 3 N–H and O–H groups in total. The molecule has 20 heavy (non-hydrogen) atoms. The molecule has 2 unspecified atom stereocenters. The molecule has 0 amide bonds. The molecule has 0 heterocycles. The summed E-state index contributed by atoms with van der Waals surface area (Å²) in [7, 11) is 0. The zero-order valence-electron chi connectivity index (χ0n) is 13.7. The van der Waals surface area contributed by atoms with Crippen LogP contribution in [0.25, 0.3) is 0 Å². The van der Waals surface area contributed by atoms with Gasteiger partial charge in [0.1, 0.15) is 0 Å². The van der Waals surface area contributed by atoms with E-state index in [1.54, 1.807) is 0 Å². The van der Waals surface area contributed by atoms with Crippen LogP contribution < -0.4 is 11.3 Å². The van der Waals surface area contributed by atoms with Gasteiger partial charge in [-0.3, -0.25) is 11.3 Å². The summed E-state index contributed by atoms with van der Waals surface area (Å²) in [5.41, 5.74) is 7.15. The molecule has 0 aliphatic rings. The third-order valence-electron chi connectivity index (χ3n) is 4.45. The average molecular weight is 276 g/mol. The highest BCUT2D eigenvalue weighted by atomic mass is 15.2. The van der Waals surface area contributed by atoms with Crippen molar-refractivity contribution in [2.75, 3.05) is 0 Å². The SMILES string of the molecule is CCCCC(CC)CC(Cc1ccc(C)c(C)c1)NN. The van der Waals surface area contributed by atoms with Gasteiger partial charge in [-0.25, -0.2) is 0 Å². The second-order valence-electron chi connectivity index (χ2n) is 6.14. The van der Waals surface area contributed by atoms with E-state index in [2.05, 4.69) is 51.3 Å². The van der Waals surface area contributed by atoms with Crippen molar-refractivity contribution in [2.45, 2.75) is 72.3 Å². The van der Waals surface area contributed by atoms with Crippen LogP contribution in [-0.4, -0.2) is 6.04 Å². The van der Waals surface area contributed by atoms with Gasteiger partial charge in [-0.05, 0) is 49.3 Å². The van der Waals surface area contributed by atoms with Crippen molar-refractivity contribution in [3.8, 4) is 0 Å². The van der Waals surface area contributed by atoms with Gasteiger partial charge in [0.25, 0.3) is 0 Å². The molecule has 0 spiro atoms. The van der Waals surface area contributed by atoms with Crippen LogP contribution in [0.1, 0.15) is 62.6 Å². The van der Waals surface area contributed by atoms with Gasteiger partial charge in [0, 0.05) is 6.04 Å². The zero-order chi connectivity index (χ0) is 15.0. The van der Waals surface area contributed by atoms with Crippen molar-refractivity contribution in [2.24, 2.45) is 11.8 Å². The Labute approximate surface area is 125 Å². The van der Waals surface area contributed by atoms with Crippen LogP contribution in [0.3, 0.4) is 0 Å². The summed E-state index contributed by atoms with van der Waals surface area (Å²) in [6.45, 7) is 8.90. The molecule has 2 nitrogen and oxygen atoms in total. The molecule has 0 aromatic heterocycles. The molecule has 1 aromatic carbocycles. The minimum Gasteiger partial charge on any atom is -0.271 e. The summed E-state index contributed by atoms with van der Waals surface area (Å²) >= 11 is 0. The number of nitrogens with two attached hydrogens (primary N) is 1. The average Bonchev–Trinajstić information content (AvgIpc) is 2.46. The highest BCUT2D eigenvalue weighted by Gasteiger charge is 2.14. The lowest BCUT2D eigenvalue weighted by molar-refractivity contribution is 0.350. The summed E-state index contributed by atoms with van der Waals surface area (Å²) in [6.07, 6.45) is 7.41. The Hall–Kier alpha value is -0.860. The number of benzene rings is 1. The van der Waals surface area contributed by atoms with Crippen molar-refractivity contribution in [1.82, 2.24) is 5.43 Å². The summed E-state index contributed by atoms with van der Waals surface area (Å²) < 4.78 is 0. The van der Waals surface area contributed by atoms with E-state index >= 15 is 0 Å². The van der Waals surface area contributed by atoms with Crippen molar-refractivity contribution in [3.63, 3.8) is 0 Å². The first-order valence-corrected chi connectivity index (χ1v) is 8.12. The molecule has 1 rings (SSSR count). The van der Waals surface area contributed by atoms with Gasteiger partial charge in [-0.1, -0.05) is 57.7 Å². The second-order valence-corrected chi connectivity index (χ2v) is 6.14. The van der Waals surface area contributed by atoms with Crippen molar-refractivity contribution in [1.29, 1.82) is 0 Å². The number of unbranched alkanes of at least 4 members (excludes halogenated alkanes) is 1. The molecule has 0 radical (unpaired) electrons. The molecule has 2 atom stereocenters. The van der Waals surface area contributed by atoms with E-state index in [0.29, 0.717) is 6.04 Å². The fraction of sp³-hybridized carbons (Fsp3) is 0.667. The number of hydrogen-bond acceptors (Lipinski definition) is 2. The monoisotopic (exact) mass is 276 g/mol. The Balaban J connectivity index is 2.58. The third-order valence-corrected chi connectivity index (χ3v) is 4.45. The molecule has 0 bridgehead atoms. The lowest BCUT2D eigenvalue weighted by Crippen LogP contribution is -2.38. The fourth-order valence-corrected chi connectivity index (χ4v) is 2.81. The molecule has 0 aliphatic carbocycles. The van der Waals surface area contributed by atoms with Gasteiger partial charge in [-0.2, -0.15) is 0 Å². The van der Waals surface area contributed by atoms with Gasteiger partial charge in [0.2, 0.25) is 0 Å². The van der Waals surface area contributed by atoms with Crippen molar-refractivity contribution >= 4 is 0 Å². The Morgan fingerprint density at radius 3 is 2.45 bits per heavy atom. The van der Waals surface area contributed by atoms with Crippen molar-refractivity contribution < 1.29 is 0 Å². The lowest BCUT2D eigenvalue weighted by Gasteiger charge is -2.22. The molecule has 0 aliphatic heterocycles. The minimum atomic E-state index is 0.388. The van der Waals surface area contributed by atoms with Crippen LogP contribution in [-0.2, 0) is 6.42 Å². The van der Waals surface area contributed by atoms with Gasteiger partial charge in [-0.15, -0.1) is 0 Å². The van der Waals surface area contributed by atoms with Crippen LogP contribution in [0.4, 0.5) is 0 Å². The first kappa shape index (κ1) is 17.2. The maximum absolute atomic E-state index is 5.77. The van der Waals surface area contributed by atoms with Crippen LogP contribution in [0.2, 0.25) is 0 Å². The van der Waals surface area contributed by atoms with Crippen LogP contribution >= 0.6 is 0 Å². The number of aryl methyl sites for hydroxylation is 2. The van der Waals surface area contributed by atoms with Crippen LogP contribution in [0, 0.1) is 19.8 Å². The maximum Gasteiger partial charge on any atom is 0.0253 e. The first-order chi connectivity index (χ1) is 9.60. The molecule has 114 valence electrons. The molecule has 2 heteroatoms. The molecule has 0 fully saturated rings. The largest absolute Gasteiger partial charge is 0.271 e. The van der Waals surface area contributed by atoms with Gasteiger partial charge in [0.15, 0.2) is 0 Å². The first-order valence-electron chi connectivity index (χ1n) is 8.12. The minimum absolute atomic E-state index is 0.388. The molecular formula is C18H32N2. The molecule has 0 saturated carbocycles. The number of hydrazine groups is 1. The summed E-state index contributed by atoms with van der Waals surface area (Å²) in [4.78, 5) is 0. The Morgan fingerprint density at radius 2 is 1.90 bits per heavy atom. The van der Waals surface area contributed by atoms with Gasteiger partial charge < -0.3 is 0 Å². The standard InChI is InChI=1S/C18H32N2/c1-5-7-8-16(6-2)12-18(20-19)13-17-10-9-14(3)15(4)11-17/h9-11,16,18,20H,5-8,12-13,19H2,1-4H3. The van der Waals surface area contributed by atoms with Crippen molar-refractivity contribution in [3.05, 3.63) is 34.9 Å². The Kier molecular flexibility index (Phi) is 7.86. The quantitative estimate of drug-likeness (QED) is 0.522. The van der Waals surface area contributed by atoms with Crippen LogP contribution in [0.5, 0.6) is 0 Å². The second kappa shape index (κ2) is 9.15. The van der Waals surface area contributed by atoms with Gasteiger partial charge in [0.05, 0.1) is 0 Å². The Morgan fingerprint density at radius 1 is 1.15 bits per heavy atom. The number of hydrogen-bond donors (Lipinski definition) is 2. The maximum atomic E-state index is 5.77. The summed E-state index contributed by atoms with van der Waals surface area (Å²) in [5, 5.41) is 0. The zero-order valence-corrected chi connectivity index (χ0v) is 13.7. The predicted octanol–water partition coefficient (Wildman–Crippen LogP) is 4.28. The summed E-state index contributed by atoms with van der Waals surface area (Å²) in [6, 6.07) is 7.14. The lowest BCUT2D eigenvalue weighted by atomic mass is 9.89. The number of rotatable bonds is 9. The van der Waals surface area contributed by atoms with E-state index in [1.165, 1.54) is 48.8 Å². The molecule has 0 saturated heterocycles. The smallest absolute Gasteiger partial charge is 0.0253 e. The fourth-order valence-electron chi connectivity index (χ4n) is 2.81. The van der Waals surface area contributed by atoms with E-state index in [1.807, 2.05) is 0 Å². The topological polar surface area (TPSA) is 38.0 Å². The highest BCUT2D eigenvalue weighted by Crippen LogP contribution is 2.20. The normalized spacial score (nSPS) is 14.2. The van der Waals surface area contributed by atoms with E-state index in [-0.39, 0.29) is 0 Å². The predicted molar refractivity (Wildman–Crippen MR) is 88.7 cm³/mol. The Bertz CT molecular complexity index is 387. The third kappa shape index (κ3) is 5.64. The van der Waals surface area contributed by atoms with E-state index in [4.69, 9.17) is 5.84 Å². The highest BCUT2D eigenvalue weighted by molar-refractivity contribution is 5.30. The molecular weight excluding hydrogens is 244 g/mol. The van der Waals surface area contributed by atoms with Gasteiger partial charge >= 0.3 is 0 Å². The molecule has 1 aromatic rings. The van der Waals surface area contributed by atoms with E-state index in [0.717, 1.165) is 12.3 Å².